The molecule has 2 heterocycles. The lowest BCUT2D eigenvalue weighted by molar-refractivity contribution is 0.518. The molecule has 14 heavy (non-hydrogen) atoms. The highest BCUT2D eigenvalue weighted by Crippen LogP contribution is 2.25. The van der Waals surface area contributed by atoms with Gasteiger partial charge in [-0.3, -0.25) is 0 Å². The van der Waals surface area contributed by atoms with Crippen molar-refractivity contribution < 1.29 is 0 Å². The van der Waals surface area contributed by atoms with E-state index in [1.165, 1.54) is 25.7 Å². The molecule has 1 aliphatic rings. The van der Waals surface area contributed by atoms with E-state index in [4.69, 9.17) is 0 Å². The quantitative estimate of drug-likeness (QED) is 0.838. The monoisotopic (exact) mass is 255 g/mol. The fourth-order valence-corrected chi connectivity index (χ4v) is 2.34. The first-order chi connectivity index (χ1) is 6.88. The van der Waals surface area contributed by atoms with Crippen LogP contribution in [-0.2, 0) is 0 Å². The van der Waals surface area contributed by atoms with Gasteiger partial charge < -0.3 is 5.32 Å². The Hall–Kier alpha value is -0.480. The molecule has 1 aromatic rings. The molecule has 3 nitrogen and oxygen atoms in total. The van der Waals surface area contributed by atoms with Gasteiger partial charge in [0, 0.05) is 6.20 Å². The number of nitrogens with zero attached hydrogens (tertiary/aromatic N) is 2. The maximum Gasteiger partial charge on any atom is 0.115 e. The molecule has 76 valence electrons. The van der Waals surface area contributed by atoms with E-state index >= 15 is 0 Å². The molecule has 1 unspecified atom stereocenters. The van der Waals surface area contributed by atoms with Crippen molar-refractivity contribution in [2.45, 2.75) is 31.7 Å². The number of nitrogens with one attached hydrogen (secondary N) is 1. The summed E-state index contributed by atoms with van der Waals surface area (Å²) in [4.78, 5) is 8.30. The Balaban J connectivity index is 2.16. The van der Waals surface area contributed by atoms with Crippen LogP contribution in [0.4, 0.5) is 0 Å². The molecule has 1 atom stereocenters. The molecule has 4 heteroatoms. The third-order valence-electron chi connectivity index (χ3n) is 2.59. The summed E-state index contributed by atoms with van der Waals surface area (Å²) in [6.45, 7) is 1.10. The van der Waals surface area contributed by atoms with Gasteiger partial charge in [0.1, 0.15) is 6.33 Å². The summed E-state index contributed by atoms with van der Waals surface area (Å²) in [6, 6.07) is 0.398. The second kappa shape index (κ2) is 4.84. The zero-order valence-electron chi connectivity index (χ0n) is 8.04. The Bertz CT molecular complexity index is 295. The topological polar surface area (TPSA) is 37.8 Å². The average Bonchev–Trinajstić information content (AvgIpc) is 2.47. The first-order valence-corrected chi connectivity index (χ1v) is 5.86. The van der Waals surface area contributed by atoms with E-state index in [0.717, 1.165) is 16.7 Å². The molecule has 0 amide bonds. The van der Waals surface area contributed by atoms with Crippen LogP contribution in [0.25, 0.3) is 0 Å². The fraction of sp³-hybridized carbons (Fsp3) is 0.600. The fourth-order valence-electron chi connectivity index (χ4n) is 1.84. The molecule has 1 fully saturated rings. The summed E-state index contributed by atoms with van der Waals surface area (Å²) in [5, 5.41) is 3.52. The maximum absolute atomic E-state index is 4.32. The minimum atomic E-state index is 0.398. The lowest BCUT2D eigenvalue weighted by Crippen LogP contribution is -2.21. The SMILES string of the molecule is Brc1cncnc1C1CCCCCN1. The Labute approximate surface area is 92.5 Å². The minimum absolute atomic E-state index is 0.398. The summed E-state index contributed by atoms with van der Waals surface area (Å²) in [5.74, 6) is 0. The third kappa shape index (κ3) is 2.30. The van der Waals surface area contributed by atoms with Crippen LogP contribution in [0.5, 0.6) is 0 Å². The molecule has 1 N–H and O–H groups in total. The standard InChI is InChI=1S/C10H14BrN3/c11-8-6-12-7-14-10(8)9-4-2-1-3-5-13-9/h6-7,9,13H,1-5H2. The van der Waals surface area contributed by atoms with E-state index in [-0.39, 0.29) is 0 Å². The summed E-state index contributed by atoms with van der Waals surface area (Å²) in [7, 11) is 0. The van der Waals surface area contributed by atoms with Gasteiger partial charge >= 0.3 is 0 Å². The second-order valence-electron chi connectivity index (χ2n) is 3.61. The van der Waals surface area contributed by atoms with Crippen LogP contribution in [0.1, 0.15) is 37.4 Å². The lowest BCUT2D eigenvalue weighted by Gasteiger charge is -2.15. The van der Waals surface area contributed by atoms with Crippen molar-refractivity contribution in [1.82, 2.24) is 15.3 Å². The van der Waals surface area contributed by atoms with Gasteiger partial charge in [-0.15, -0.1) is 0 Å². The molecule has 0 spiro atoms. The van der Waals surface area contributed by atoms with Crippen molar-refractivity contribution in [3.05, 3.63) is 22.7 Å². The van der Waals surface area contributed by atoms with Crippen LogP contribution in [0.3, 0.4) is 0 Å². The van der Waals surface area contributed by atoms with Gasteiger partial charge in [0.15, 0.2) is 0 Å². The van der Waals surface area contributed by atoms with Crippen molar-refractivity contribution in [2.75, 3.05) is 6.54 Å². The van der Waals surface area contributed by atoms with Crippen LogP contribution in [0.2, 0.25) is 0 Å². The highest BCUT2D eigenvalue weighted by atomic mass is 79.9. The number of halogens is 1. The summed E-state index contributed by atoms with van der Waals surface area (Å²) in [5.41, 5.74) is 1.10. The first kappa shape index (κ1) is 10.1. The molecule has 0 bridgehead atoms. The Morgan fingerprint density at radius 2 is 2.29 bits per heavy atom. The number of aromatic nitrogens is 2. The Morgan fingerprint density at radius 1 is 1.36 bits per heavy atom. The zero-order chi connectivity index (χ0) is 9.80. The van der Waals surface area contributed by atoms with E-state index < -0.39 is 0 Å². The summed E-state index contributed by atoms with van der Waals surface area (Å²) >= 11 is 3.49. The zero-order valence-corrected chi connectivity index (χ0v) is 9.63. The van der Waals surface area contributed by atoms with Gasteiger partial charge in [-0.1, -0.05) is 12.8 Å². The van der Waals surface area contributed by atoms with Gasteiger partial charge in [0.05, 0.1) is 16.2 Å². The van der Waals surface area contributed by atoms with Gasteiger partial charge in [0.2, 0.25) is 0 Å². The molecular weight excluding hydrogens is 242 g/mol. The van der Waals surface area contributed by atoms with Crippen molar-refractivity contribution in [2.24, 2.45) is 0 Å². The van der Waals surface area contributed by atoms with E-state index in [2.05, 4.69) is 31.2 Å². The highest BCUT2D eigenvalue weighted by molar-refractivity contribution is 9.10. The predicted octanol–water partition coefficient (Wildman–Crippen LogP) is 2.44. The van der Waals surface area contributed by atoms with Gasteiger partial charge in [0.25, 0.3) is 0 Å². The number of hydrogen-bond acceptors (Lipinski definition) is 3. The Morgan fingerprint density at radius 3 is 3.14 bits per heavy atom. The van der Waals surface area contributed by atoms with Crippen LogP contribution < -0.4 is 5.32 Å². The molecule has 1 saturated heterocycles. The van der Waals surface area contributed by atoms with Crippen LogP contribution in [0.15, 0.2) is 17.0 Å². The predicted molar refractivity (Wildman–Crippen MR) is 58.9 cm³/mol. The van der Waals surface area contributed by atoms with E-state index in [0.29, 0.717) is 6.04 Å². The second-order valence-corrected chi connectivity index (χ2v) is 4.47. The largest absolute Gasteiger partial charge is 0.309 e. The Kier molecular flexibility index (Phi) is 3.48. The molecule has 1 aliphatic heterocycles. The van der Waals surface area contributed by atoms with E-state index in [1.54, 1.807) is 6.33 Å². The molecule has 2 rings (SSSR count). The summed E-state index contributed by atoms with van der Waals surface area (Å²) in [6.07, 6.45) is 8.50. The molecule has 0 radical (unpaired) electrons. The molecule has 1 aromatic heterocycles. The van der Waals surface area contributed by atoms with Gasteiger partial charge in [-0.2, -0.15) is 0 Å². The van der Waals surface area contributed by atoms with Crippen molar-refractivity contribution in [1.29, 1.82) is 0 Å². The van der Waals surface area contributed by atoms with Crippen LogP contribution >= 0.6 is 15.9 Å². The van der Waals surface area contributed by atoms with Gasteiger partial charge in [-0.05, 0) is 35.3 Å². The van der Waals surface area contributed by atoms with Crippen molar-refractivity contribution in [3.8, 4) is 0 Å². The summed E-state index contributed by atoms with van der Waals surface area (Å²) < 4.78 is 1.01. The van der Waals surface area contributed by atoms with E-state index in [1.807, 2.05) is 6.20 Å². The number of hydrogen-bond donors (Lipinski definition) is 1. The van der Waals surface area contributed by atoms with Gasteiger partial charge in [-0.25, -0.2) is 9.97 Å². The van der Waals surface area contributed by atoms with Crippen molar-refractivity contribution >= 4 is 15.9 Å². The lowest BCUT2D eigenvalue weighted by atomic mass is 10.1. The number of rotatable bonds is 1. The first-order valence-electron chi connectivity index (χ1n) is 5.07. The molecular formula is C10H14BrN3. The maximum atomic E-state index is 4.32. The van der Waals surface area contributed by atoms with Crippen LogP contribution in [-0.4, -0.2) is 16.5 Å². The minimum Gasteiger partial charge on any atom is -0.309 e. The average molecular weight is 256 g/mol. The molecule has 0 aromatic carbocycles. The molecule has 0 aliphatic carbocycles. The third-order valence-corrected chi connectivity index (χ3v) is 3.20. The normalized spacial score (nSPS) is 23.1. The molecule has 0 saturated carbocycles. The highest BCUT2D eigenvalue weighted by Gasteiger charge is 2.16. The van der Waals surface area contributed by atoms with E-state index in [9.17, 15) is 0 Å². The smallest absolute Gasteiger partial charge is 0.115 e. The van der Waals surface area contributed by atoms with Crippen LogP contribution in [0, 0.1) is 0 Å². The van der Waals surface area contributed by atoms with Crippen molar-refractivity contribution in [3.63, 3.8) is 0 Å².